The molecular formula is C25H29N3O6S2. The summed E-state index contributed by atoms with van der Waals surface area (Å²) in [6, 6.07) is 17.1. The maximum absolute atomic E-state index is 13.5. The number of furan rings is 1. The molecule has 36 heavy (non-hydrogen) atoms. The molecule has 0 spiro atoms. The molecule has 0 aliphatic carbocycles. The van der Waals surface area contributed by atoms with Gasteiger partial charge in [-0.05, 0) is 67.3 Å². The van der Waals surface area contributed by atoms with Crippen molar-refractivity contribution in [2.75, 3.05) is 25.0 Å². The first kappa shape index (κ1) is 26.1. The predicted molar refractivity (Wildman–Crippen MR) is 135 cm³/mol. The van der Waals surface area contributed by atoms with Gasteiger partial charge < -0.3 is 9.73 Å². The average Bonchev–Trinajstić information content (AvgIpc) is 3.38. The number of benzene rings is 2. The van der Waals surface area contributed by atoms with Gasteiger partial charge in [-0.3, -0.25) is 4.79 Å². The lowest BCUT2D eigenvalue weighted by molar-refractivity contribution is -0.116. The number of para-hydroxylation sites is 1. The van der Waals surface area contributed by atoms with E-state index in [-0.39, 0.29) is 16.3 Å². The molecule has 9 nitrogen and oxygen atoms in total. The molecule has 1 aromatic heterocycles. The molecule has 3 aromatic rings. The first-order valence-electron chi connectivity index (χ1n) is 11.6. The van der Waals surface area contributed by atoms with Crippen LogP contribution in [-0.4, -0.2) is 51.0 Å². The third-order valence-electron chi connectivity index (χ3n) is 6.13. The Kier molecular flexibility index (Phi) is 7.94. The van der Waals surface area contributed by atoms with Crippen LogP contribution in [0.25, 0.3) is 0 Å². The standard InChI is InChI=1S/C25H29N3O6S2/c1-20-13-15-27(16-14-20)35(30,31)23-9-11-24(12-10-23)36(32,33)28(18-22-8-5-17-34-22)19-25(29)26-21-6-3-2-4-7-21/h2-12,17,20H,13-16,18-19H2,1H3,(H,26,29). The van der Waals surface area contributed by atoms with Crippen molar-refractivity contribution < 1.29 is 26.0 Å². The molecule has 1 N–H and O–H groups in total. The second-order valence-electron chi connectivity index (χ2n) is 8.82. The first-order chi connectivity index (χ1) is 17.2. The van der Waals surface area contributed by atoms with Crippen LogP contribution < -0.4 is 5.32 Å². The summed E-state index contributed by atoms with van der Waals surface area (Å²) in [4.78, 5) is 12.6. The number of nitrogens with zero attached hydrogens (tertiary/aromatic N) is 2. The van der Waals surface area contributed by atoms with E-state index < -0.39 is 32.5 Å². The number of hydrogen-bond acceptors (Lipinski definition) is 6. The Balaban J connectivity index is 1.55. The quantitative estimate of drug-likeness (QED) is 0.452. The molecule has 11 heteroatoms. The Morgan fingerprint density at radius 3 is 2.19 bits per heavy atom. The largest absolute Gasteiger partial charge is 0.468 e. The van der Waals surface area contributed by atoms with Gasteiger partial charge in [0, 0.05) is 18.8 Å². The highest BCUT2D eigenvalue weighted by atomic mass is 32.2. The van der Waals surface area contributed by atoms with E-state index in [1.54, 1.807) is 42.5 Å². The minimum Gasteiger partial charge on any atom is -0.468 e. The highest BCUT2D eigenvalue weighted by molar-refractivity contribution is 7.89. The monoisotopic (exact) mass is 531 g/mol. The van der Waals surface area contributed by atoms with Gasteiger partial charge in [0.05, 0.1) is 29.1 Å². The molecule has 1 aliphatic rings. The van der Waals surface area contributed by atoms with E-state index in [0.29, 0.717) is 30.5 Å². The summed E-state index contributed by atoms with van der Waals surface area (Å²) in [6.07, 6.45) is 3.00. The lowest BCUT2D eigenvalue weighted by Gasteiger charge is -2.29. The molecule has 0 bridgehead atoms. The highest BCUT2D eigenvalue weighted by Crippen LogP contribution is 2.26. The summed E-state index contributed by atoms with van der Waals surface area (Å²) in [6.45, 7) is 2.36. The topological polar surface area (TPSA) is 117 Å². The zero-order valence-corrected chi connectivity index (χ0v) is 21.5. The van der Waals surface area contributed by atoms with E-state index in [2.05, 4.69) is 12.2 Å². The maximum atomic E-state index is 13.5. The van der Waals surface area contributed by atoms with Crippen LogP contribution in [0.4, 0.5) is 5.69 Å². The highest BCUT2D eigenvalue weighted by Gasteiger charge is 2.31. The molecule has 4 rings (SSSR count). The van der Waals surface area contributed by atoms with Crippen molar-refractivity contribution in [1.82, 2.24) is 8.61 Å². The van der Waals surface area contributed by atoms with Crippen LogP contribution in [0.3, 0.4) is 0 Å². The van der Waals surface area contributed by atoms with Crippen LogP contribution in [0.15, 0.2) is 87.2 Å². The molecule has 0 radical (unpaired) electrons. The fourth-order valence-electron chi connectivity index (χ4n) is 3.99. The van der Waals surface area contributed by atoms with Crippen LogP contribution in [0.5, 0.6) is 0 Å². The van der Waals surface area contributed by atoms with Gasteiger partial charge in [0.1, 0.15) is 5.76 Å². The van der Waals surface area contributed by atoms with E-state index in [9.17, 15) is 21.6 Å². The fraction of sp³-hybridized carbons (Fsp3) is 0.320. The Morgan fingerprint density at radius 1 is 0.944 bits per heavy atom. The van der Waals surface area contributed by atoms with Gasteiger partial charge in [0.25, 0.3) is 0 Å². The third-order valence-corrected chi connectivity index (χ3v) is 9.85. The lowest BCUT2D eigenvalue weighted by Crippen LogP contribution is -2.38. The molecule has 0 atom stereocenters. The van der Waals surface area contributed by atoms with Crippen LogP contribution >= 0.6 is 0 Å². The van der Waals surface area contributed by atoms with Crippen molar-refractivity contribution in [1.29, 1.82) is 0 Å². The Morgan fingerprint density at radius 2 is 1.58 bits per heavy atom. The number of anilines is 1. The molecular weight excluding hydrogens is 502 g/mol. The summed E-state index contributed by atoms with van der Waals surface area (Å²) < 4.78 is 60.8. The van der Waals surface area contributed by atoms with Gasteiger partial charge in [-0.1, -0.05) is 25.1 Å². The Hall–Kier alpha value is -2.99. The van der Waals surface area contributed by atoms with Crippen LogP contribution in [0.1, 0.15) is 25.5 Å². The average molecular weight is 532 g/mol. The fourth-order valence-corrected chi connectivity index (χ4v) is 6.82. The number of amides is 1. The molecule has 0 unspecified atom stereocenters. The minimum absolute atomic E-state index is 0.0374. The van der Waals surface area contributed by atoms with Crippen molar-refractivity contribution >= 4 is 31.6 Å². The van der Waals surface area contributed by atoms with Gasteiger partial charge in [-0.15, -0.1) is 0 Å². The van der Waals surface area contributed by atoms with Crippen molar-refractivity contribution in [2.45, 2.75) is 36.1 Å². The lowest BCUT2D eigenvalue weighted by atomic mass is 10.0. The second-order valence-corrected chi connectivity index (χ2v) is 12.7. The number of rotatable bonds is 9. The van der Waals surface area contributed by atoms with Gasteiger partial charge in [-0.25, -0.2) is 16.8 Å². The van der Waals surface area contributed by atoms with Gasteiger partial charge in [0.15, 0.2) is 0 Å². The normalized spacial score (nSPS) is 15.7. The number of carbonyl (C=O) groups excluding carboxylic acids is 1. The molecule has 1 aliphatic heterocycles. The molecule has 2 heterocycles. The summed E-state index contributed by atoms with van der Waals surface area (Å²) in [5, 5.41) is 2.68. The number of carbonyl (C=O) groups is 1. The number of piperidine rings is 1. The molecule has 1 fully saturated rings. The maximum Gasteiger partial charge on any atom is 0.243 e. The SMILES string of the molecule is CC1CCN(S(=O)(=O)c2ccc(S(=O)(=O)N(CC(=O)Nc3ccccc3)Cc3ccco3)cc2)CC1. The van der Waals surface area contributed by atoms with Gasteiger partial charge in [0.2, 0.25) is 26.0 Å². The zero-order valence-electron chi connectivity index (χ0n) is 19.9. The summed E-state index contributed by atoms with van der Waals surface area (Å²) in [7, 11) is -7.87. The van der Waals surface area contributed by atoms with Crippen molar-refractivity contribution in [2.24, 2.45) is 5.92 Å². The molecule has 0 saturated carbocycles. The molecule has 2 aromatic carbocycles. The van der Waals surface area contributed by atoms with Crippen molar-refractivity contribution in [3.8, 4) is 0 Å². The summed E-state index contributed by atoms with van der Waals surface area (Å²) in [5.41, 5.74) is 0.541. The second kappa shape index (κ2) is 11.0. The Labute approximate surface area is 211 Å². The first-order valence-corrected chi connectivity index (χ1v) is 14.5. The molecule has 1 saturated heterocycles. The smallest absolute Gasteiger partial charge is 0.243 e. The van der Waals surface area contributed by atoms with E-state index >= 15 is 0 Å². The van der Waals surface area contributed by atoms with E-state index in [1.807, 2.05) is 0 Å². The van der Waals surface area contributed by atoms with Crippen LogP contribution in [-0.2, 0) is 31.4 Å². The van der Waals surface area contributed by atoms with Gasteiger partial charge in [-0.2, -0.15) is 8.61 Å². The number of sulfonamides is 2. The Bertz CT molecular complexity index is 1370. The number of hydrogen-bond donors (Lipinski definition) is 1. The van der Waals surface area contributed by atoms with Crippen molar-refractivity contribution in [3.05, 3.63) is 78.8 Å². The van der Waals surface area contributed by atoms with Crippen LogP contribution in [0.2, 0.25) is 0 Å². The van der Waals surface area contributed by atoms with E-state index in [0.717, 1.165) is 17.1 Å². The minimum atomic E-state index is -4.15. The molecule has 1 amide bonds. The zero-order chi connectivity index (χ0) is 25.8. The van der Waals surface area contributed by atoms with Crippen LogP contribution in [0, 0.1) is 5.92 Å². The van der Waals surface area contributed by atoms with Crippen molar-refractivity contribution in [3.63, 3.8) is 0 Å². The number of nitrogens with one attached hydrogen (secondary N) is 1. The summed E-state index contributed by atoms with van der Waals surface area (Å²) in [5.74, 6) is 0.322. The van der Waals surface area contributed by atoms with Gasteiger partial charge >= 0.3 is 0 Å². The summed E-state index contributed by atoms with van der Waals surface area (Å²) >= 11 is 0. The van der Waals surface area contributed by atoms with E-state index in [4.69, 9.17) is 4.42 Å². The molecule has 192 valence electrons. The predicted octanol–water partition coefficient (Wildman–Crippen LogP) is 3.53. The van der Waals surface area contributed by atoms with E-state index in [1.165, 1.54) is 34.8 Å². The third kappa shape index (κ3) is 6.04.